The van der Waals surface area contributed by atoms with Crippen molar-refractivity contribution in [3.63, 3.8) is 0 Å². The summed E-state index contributed by atoms with van der Waals surface area (Å²) in [5, 5.41) is 3.40. The number of hydrogen-bond acceptors (Lipinski definition) is 3. The summed E-state index contributed by atoms with van der Waals surface area (Å²) in [6, 6.07) is 6.94. The van der Waals surface area contributed by atoms with Crippen LogP contribution in [0.1, 0.15) is 38.7 Å². The smallest absolute Gasteiger partial charge is 0.222 e. The van der Waals surface area contributed by atoms with E-state index in [9.17, 15) is 9.18 Å². The molecule has 1 fully saturated rings. The van der Waals surface area contributed by atoms with Crippen molar-refractivity contribution in [3.05, 3.63) is 35.6 Å². The Balaban J connectivity index is 1.72. The van der Waals surface area contributed by atoms with Crippen molar-refractivity contribution >= 4 is 5.91 Å². The molecule has 4 nitrogen and oxygen atoms in total. The third-order valence-corrected chi connectivity index (χ3v) is 4.90. The fourth-order valence-corrected chi connectivity index (χ4v) is 3.29. The number of halogens is 1. The first-order valence-electron chi connectivity index (χ1n) is 9.11. The lowest BCUT2D eigenvalue weighted by molar-refractivity contribution is -0.129. The molecule has 0 bridgehead atoms. The van der Waals surface area contributed by atoms with Crippen molar-refractivity contribution in [2.75, 3.05) is 32.7 Å². The molecule has 0 saturated carbocycles. The third kappa shape index (κ3) is 5.56. The highest BCUT2D eigenvalue weighted by Gasteiger charge is 2.30. The molecule has 1 aromatic rings. The van der Waals surface area contributed by atoms with Gasteiger partial charge in [-0.25, -0.2) is 4.39 Å². The molecular formula is C19H30FN3O. The van der Waals surface area contributed by atoms with E-state index in [0.717, 1.165) is 57.7 Å². The lowest BCUT2D eigenvalue weighted by atomic mass is 10.1. The number of carbonyl (C=O) groups excluding carboxylic acids is 1. The van der Waals surface area contributed by atoms with Gasteiger partial charge in [-0.3, -0.25) is 4.79 Å². The first-order chi connectivity index (χ1) is 11.6. The monoisotopic (exact) mass is 335 g/mol. The molecule has 134 valence electrons. The average Bonchev–Trinajstić information content (AvgIpc) is 2.94. The Morgan fingerprint density at radius 2 is 1.96 bits per heavy atom. The van der Waals surface area contributed by atoms with Crippen LogP contribution in [0.15, 0.2) is 24.3 Å². The van der Waals surface area contributed by atoms with Crippen LogP contribution < -0.4 is 5.32 Å². The molecule has 1 unspecified atom stereocenters. The van der Waals surface area contributed by atoms with Crippen molar-refractivity contribution in [1.82, 2.24) is 15.1 Å². The standard InChI is InChI=1S/C19H30FN3O/c1-3-22(4-2)13-14-23-18(9-10-19(23)24)11-12-21-15-16-5-7-17(20)8-6-16/h5-8,18,21H,3-4,9-15H2,1-2H3. The molecule has 1 aliphatic rings. The van der Waals surface area contributed by atoms with Crippen LogP contribution in [0.25, 0.3) is 0 Å². The maximum absolute atomic E-state index is 12.9. The molecular weight excluding hydrogens is 305 g/mol. The van der Waals surface area contributed by atoms with E-state index in [1.54, 1.807) is 12.1 Å². The summed E-state index contributed by atoms with van der Waals surface area (Å²) in [5.74, 6) is 0.0951. The Kier molecular flexibility index (Phi) is 7.66. The van der Waals surface area contributed by atoms with E-state index in [-0.39, 0.29) is 5.82 Å². The fourth-order valence-electron chi connectivity index (χ4n) is 3.29. The quantitative estimate of drug-likeness (QED) is 0.668. The van der Waals surface area contributed by atoms with E-state index in [2.05, 4.69) is 29.0 Å². The van der Waals surface area contributed by atoms with E-state index in [1.807, 2.05) is 0 Å². The number of nitrogens with zero attached hydrogens (tertiary/aromatic N) is 2. The van der Waals surface area contributed by atoms with Crippen LogP contribution in [-0.2, 0) is 11.3 Å². The highest BCUT2D eigenvalue weighted by atomic mass is 19.1. The van der Waals surface area contributed by atoms with Gasteiger partial charge in [0.2, 0.25) is 5.91 Å². The summed E-state index contributed by atoms with van der Waals surface area (Å²) in [6.07, 6.45) is 2.63. The minimum Gasteiger partial charge on any atom is -0.338 e. The van der Waals surface area contributed by atoms with Crippen LogP contribution in [0, 0.1) is 5.82 Å². The summed E-state index contributed by atoms with van der Waals surface area (Å²) in [6.45, 7) is 9.78. The first-order valence-corrected chi connectivity index (χ1v) is 9.11. The van der Waals surface area contributed by atoms with Gasteiger partial charge in [0.25, 0.3) is 0 Å². The molecule has 0 aromatic heterocycles. The minimum atomic E-state index is -0.202. The van der Waals surface area contributed by atoms with Gasteiger partial charge < -0.3 is 15.1 Å². The molecule has 1 N–H and O–H groups in total. The van der Waals surface area contributed by atoms with E-state index >= 15 is 0 Å². The van der Waals surface area contributed by atoms with Crippen molar-refractivity contribution in [2.24, 2.45) is 0 Å². The lowest BCUT2D eigenvalue weighted by Gasteiger charge is -2.28. The van der Waals surface area contributed by atoms with Crippen molar-refractivity contribution in [1.29, 1.82) is 0 Å². The van der Waals surface area contributed by atoms with Crippen molar-refractivity contribution in [2.45, 2.75) is 45.7 Å². The molecule has 1 aromatic carbocycles. The second-order valence-corrected chi connectivity index (χ2v) is 6.40. The van der Waals surface area contributed by atoms with Gasteiger partial charge in [0.15, 0.2) is 0 Å². The number of rotatable bonds is 10. The maximum atomic E-state index is 12.9. The Labute approximate surface area is 145 Å². The van der Waals surface area contributed by atoms with Gasteiger partial charge in [-0.1, -0.05) is 26.0 Å². The van der Waals surface area contributed by atoms with Crippen LogP contribution in [0.3, 0.4) is 0 Å². The van der Waals surface area contributed by atoms with Gasteiger partial charge in [-0.2, -0.15) is 0 Å². The highest BCUT2D eigenvalue weighted by molar-refractivity contribution is 5.78. The summed E-state index contributed by atoms with van der Waals surface area (Å²) >= 11 is 0. The molecule has 1 saturated heterocycles. The van der Waals surface area contributed by atoms with Gasteiger partial charge in [-0.05, 0) is 50.2 Å². The van der Waals surface area contributed by atoms with E-state index in [0.29, 0.717) is 18.4 Å². The van der Waals surface area contributed by atoms with E-state index in [4.69, 9.17) is 0 Å². The molecule has 0 radical (unpaired) electrons. The second kappa shape index (κ2) is 9.74. The summed E-state index contributed by atoms with van der Waals surface area (Å²) < 4.78 is 12.9. The van der Waals surface area contributed by atoms with Gasteiger partial charge >= 0.3 is 0 Å². The molecule has 0 spiro atoms. The second-order valence-electron chi connectivity index (χ2n) is 6.40. The number of nitrogens with one attached hydrogen (secondary N) is 1. The zero-order chi connectivity index (χ0) is 17.4. The Hall–Kier alpha value is -1.46. The maximum Gasteiger partial charge on any atom is 0.222 e. The molecule has 1 amide bonds. The number of likely N-dealkylation sites (N-methyl/N-ethyl adjacent to an activating group) is 1. The highest BCUT2D eigenvalue weighted by Crippen LogP contribution is 2.21. The lowest BCUT2D eigenvalue weighted by Crippen LogP contribution is -2.41. The Morgan fingerprint density at radius 3 is 2.62 bits per heavy atom. The molecule has 1 aliphatic heterocycles. The first kappa shape index (κ1) is 18.9. The zero-order valence-corrected chi connectivity index (χ0v) is 14.9. The van der Waals surface area contributed by atoms with Gasteiger partial charge in [-0.15, -0.1) is 0 Å². The summed E-state index contributed by atoms with van der Waals surface area (Å²) in [5.41, 5.74) is 1.08. The Morgan fingerprint density at radius 1 is 1.25 bits per heavy atom. The van der Waals surface area contributed by atoms with E-state index < -0.39 is 0 Å². The Bertz CT molecular complexity index is 502. The number of amides is 1. The number of carbonyl (C=O) groups is 1. The molecule has 2 rings (SSSR count). The van der Waals surface area contributed by atoms with Gasteiger partial charge in [0.1, 0.15) is 5.82 Å². The van der Waals surface area contributed by atoms with Crippen LogP contribution in [0.5, 0.6) is 0 Å². The number of benzene rings is 1. The molecule has 24 heavy (non-hydrogen) atoms. The predicted molar refractivity (Wildman–Crippen MR) is 95.2 cm³/mol. The largest absolute Gasteiger partial charge is 0.338 e. The zero-order valence-electron chi connectivity index (χ0n) is 14.9. The normalized spacial score (nSPS) is 17.9. The average molecular weight is 335 g/mol. The van der Waals surface area contributed by atoms with Gasteiger partial charge in [0, 0.05) is 32.1 Å². The van der Waals surface area contributed by atoms with Crippen molar-refractivity contribution < 1.29 is 9.18 Å². The number of likely N-dealkylation sites (tertiary alicyclic amines) is 1. The number of hydrogen-bond donors (Lipinski definition) is 1. The van der Waals surface area contributed by atoms with Crippen LogP contribution >= 0.6 is 0 Å². The third-order valence-electron chi connectivity index (χ3n) is 4.90. The molecule has 0 aliphatic carbocycles. The topological polar surface area (TPSA) is 35.6 Å². The summed E-state index contributed by atoms with van der Waals surface area (Å²) in [7, 11) is 0. The van der Waals surface area contributed by atoms with Crippen LogP contribution in [-0.4, -0.2) is 54.5 Å². The minimum absolute atomic E-state index is 0.202. The van der Waals surface area contributed by atoms with Gasteiger partial charge in [0.05, 0.1) is 0 Å². The fraction of sp³-hybridized carbons (Fsp3) is 0.632. The SMILES string of the molecule is CCN(CC)CCN1C(=O)CCC1CCNCc1ccc(F)cc1. The molecule has 5 heteroatoms. The van der Waals surface area contributed by atoms with Crippen LogP contribution in [0.2, 0.25) is 0 Å². The summed E-state index contributed by atoms with van der Waals surface area (Å²) in [4.78, 5) is 16.5. The van der Waals surface area contributed by atoms with E-state index in [1.165, 1.54) is 12.1 Å². The van der Waals surface area contributed by atoms with Crippen LogP contribution in [0.4, 0.5) is 4.39 Å². The predicted octanol–water partition coefficient (Wildman–Crippen LogP) is 2.64. The van der Waals surface area contributed by atoms with Crippen molar-refractivity contribution in [3.8, 4) is 0 Å². The molecule has 1 heterocycles. The molecule has 1 atom stereocenters.